The highest BCUT2D eigenvalue weighted by Crippen LogP contribution is 2.31. The maximum atomic E-state index is 13.5. The molecular weight excluding hydrogens is 335 g/mol. The van der Waals surface area contributed by atoms with Crippen LogP contribution < -0.4 is 0 Å². The number of rotatable bonds is 5. The zero-order valence-corrected chi connectivity index (χ0v) is 14.2. The fourth-order valence-corrected chi connectivity index (χ4v) is 4.23. The third kappa shape index (κ3) is 4.03. The van der Waals surface area contributed by atoms with Gasteiger partial charge in [-0.15, -0.1) is 0 Å². The smallest absolute Gasteiger partial charge is 0.189 e. The summed E-state index contributed by atoms with van der Waals surface area (Å²) in [4.78, 5) is -0.0286. The quantitative estimate of drug-likeness (QED) is 0.643. The lowest BCUT2D eigenvalue weighted by Crippen LogP contribution is -2.12. The molecule has 0 bridgehead atoms. The monoisotopic (exact) mass is 352 g/mol. The van der Waals surface area contributed by atoms with Gasteiger partial charge in [-0.2, -0.15) is 0 Å². The highest BCUT2D eigenvalue weighted by atomic mass is 32.2. The highest BCUT2D eigenvalue weighted by Gasteiger charge is 2.27. The maximum absolute atomic E-state index is 13.5. The van der Waals surface area contributed by atoms with Crippen molar-refractivity contribution in [1.29, 1.82) is 0 Å². The average molecular weight is 352 g/mol. The van der Waals surface area contributed by atoms with Crippen LogP contribution in [0.4, 0.5) is 4.39 Å². The molecule has 0 fully saturated rings. The van der Waals surface area contributed by atoms with Crippen molar-refractivity contribution in [3.05, 3.63) is 108 Å². The third-order valence-electron chi connectivity index (χ3n) is 3.85. The first kappa shape index (κ1) is 17.1. The summed E-state index contributed by atoms with van der Waals surface area (Å²) in [6.07, 6.45) is 3.42. The number of sulfone groups is 1. The molecule has 0 radical (unpaired) electrons. The van der Waals surface area contributed by atoms with Crippen molar-refractivity contribution in [3.63, 3.8) is 0 Å². The molecule has 2 nitrogen and oxygen atoms in total. The van der Waals surface area contributed by atoms with E-state index in [1.807, 2.05) is 36.4 Å². The second-order valence-corrected chi connectivity index (χ2v) is 7.67. The lowest BCUT2D eigenvalue weighted by Gasteiger charge is -2.15. The molecule has 3 aromatic carbocycles. The first-order valence-corrected chi connectivity index (χ1v) is 9.40. The Kier molecular flexibility index (Phi) is 5.10. The molecule has 4 heteroatoms. The molecule has 3 rings (SSSR count). The second-order valence-electron chi connectivity index (χ2n) is 5.60. The van der Waals surface area contributed by atoms with Gasteiger partial charge in [0.2, 0.25) is 0 Å². The van der Waals surface area contributed by atoms with Gasteiger partial charge < -0.3 is 0 Å². The van der Waals surface area contributed by atoms with Crippen LogP contribution >= 0.6 is 0 Å². The van der Waals surface area contributed by atoms with Crippen LogP contribution in [0.5, 0.6) is 0 Å². The van der Waals surface area contributed by atoms with Crippen LogP contribution in [0, 0.1) is 5.82 Å². The predicted molar refractivity (Wildman–Crippen MR) is 98.2 cm³/mol. The Balaban J connectivity index is 2.07. The van der Waals surface area contributed by atoms with E-state index in [1.165, 1.54) is 18.2 Å². The predicted octanol–water partition coefficient (Wildman–Crippen LogP) is 5.05. The van der Waals surface area contributed by atoms with E-state index >= 15 is 0 Å². The van der Waals surface area contributed by atoms with Crippen LogP contribution in [0.2, 0.25) is 0 Å². The first-order chi connectivity index (χ1) is 12.1. The summed E-state index contributed by atoms with van der Waals surface area (Å²) in [6.45, 7) is 0. The molecule has 0 aliphatic heterocycles. The van der Waals surface area contributed by atoms with Crippen molar-refractivity contribution in [2.24, 2.45) is 0 Å². The van der Waals surface area contributed by atoms with Crippen LogP contribution in [0.1, 0.15) is 16.4 Å². The van der Waals surface area contributed by atoms with E-state index in [-0.39, 0.29) is 4.90 Å². The first-order valence-electron chi connectivity index (χ1n) is 7.85. The molecule has 1 unspecified atom stereocenters. The van der Waals surface area contributed by atoms with Gasteiger partial charge in [-0.05, 0) is 29.3 Å². The van der Waals surface area contributed by atoms with E-state index < -0.39 is 20.9 Å². The van der Waals surface area contributed by atoms with Crippen molar-refractivity contribution in [3.8, 4) is 0 Å². The molecular formula is C21H17FO2S. The van der Waals surface area contributed by atoms with E-state index in [0.29, 0.717) is 5.56 Å². The molecule has 25 heavy (non-hydrogen) atoms. The minimum absolute atomic E-state index is 0.0286. The number of halogens is 1. The summed E-state index contributed by atoms with van der Waals surface area (Å²) in [5.74, 6) is -0.570. The molecule has 0 heterocycles. The summed E-state index contributed by atoms with van der Waals surface area (Å²) < 4.78 is 39.7. The second kappa shape index (κ2) is 7.45. The van der Waals surface area contributed by atoms with Gasteiger partial charge in [0.05, 0.1) is 4.90 Å². The summed E-state index contributed by atoms with van der Waals surface area (Å²) in [5.41, 5.74) is 1.54. The highest BCUT2D eigenvalue weighted by molar-refractivity contribution is 7.91. The normalized spacial score (nSPS) is 13.0. The average Bonchev–Trinajstić information content (AvgIpc) is 2.63. The third-order valence-corrected chi connectivity index (χ3v) is 5.86. The van der Waals surface area contributed by atoms with Crippen molar-refractivity contribution in [2.45, 2.75) is 10.1 Å². The SMILES string of the molecule is O=S(=O)(c1cccc(F)c1)C(/C=C/c1ccccc1)c1ccccc1. The molecule has 0 aliphatic rings. The fraction of sp³-hybridized carbons (Fsp3) is 0.0476. The van der Waals surface area contributed by atoms with E-state index in [2.05, 4.69) is 0 Å². The summed E-state index contributed by atoms with van der Waals surface area (Å²) in [5, 5.41) is -0.893. The Morgan fingerprint density at radius 2 is 1.44 bits per heavy atom. The minimum atomic E-state index is -3.77. The molecule has 0 aliphatic carbocycles. The Bertz CT molecular complexity index is 965. The van der Waals surface area contributed by atoms with Crippen molar-refractivity contribution >= 4 is 15.9 Å². The molecule has 126 valence electrons. The molecule has 0 aromatic heterocycles. The fourth-order valence-electron chi connectivity index (χ4n) is 2.59. The lowest BCUT2D eigenvalue weighted by molar-refractivity contribution is 0.586. The molecule has 0 saturated heterocycles. The standard InChI is InChI=1S/C21H17FO2S/c22-19-12-7-13-20(16-19)25(23,24)21(18-10-5-2-6-11-18)15-14-17-8-3-1-4-9-17/h1-16,21H/b15-14+. The largest absolute Gasteiger partial charge is 0.223 e. The van der Waals surface area contributed by atoms with Crippen molar-refractivity contribution in [2.75, 3.05) is 0 Å². The molecule has 0 N–H and O–H groups in total. The Morgan fingerprint density at radius 1 is 0.800 bits per heavy atom. The van der Waals surface area contributed by atoms with E-state index in [9.17, 15) is 12.8 Å². The van der Waals surface area contributed by atoms with Gasteiger partial charge in [-0.1, -0.05) is 78.9 Å². The summed E-state index contributed by atoms with van der Waals surface area (Å²) in [6, 6.07) is 23.5. The van der Waals surface area contributed by atoms with Crippen LogP contribution in [-0.2, 0) is 9.84 Å². The molecule has 0 spiro atoms. The zero-order chi connectivity index (χ0) is 17.7. The van der Waals surface area contributed by atoms with Gasteiger partial charge in [0.25, 0.3) is 0 Å². The topological polar surface area (TPSA) is 34.1 Å². The number of hydrogen-bond donors (Lipinski definition) is 0. The van der Waals surface area contributed by atoms with Crippen LogP contribution in [0.15, 0.2) is 95.9 Å². The van der Waals surface area contributed by atoms with Gasteiger partial charge in [0.15, 0.2) is 9.84 Å². The van der Waals surface area contributed by atoms with Crippen molar-refractivity contribution in [1.82, 2.24) is 0 Å². The minimum Gasteiger partial charge on any atom is -0.223 e. The van der Waals surface area contributed by atoms with Gasteiger partial charge >= 0.3 is 0 Å². The lowest BCUT2D eigenvalue weighted by atomic mass is 10.1. The van der Waals surface area contributed by atoms with Gasteiger partial charge in [-0.25, -0.2) is 12.8 Å². The van der Waals surface area contributed by atoms with Gasteiger partial charge in [-0.3, -0.25) is 0 Å². The zero-order valence-electron chi connectivity index (χ0n) is 13.4. The maximum Gasteiger partial charge on any atom is 0.189 e. The van der Waals surface area contributed by atoms with Gasteiger partial charge in [0.1, 0.15) is 11.1 Å². The Morgan fingerprint density at radius 3 is 2.08 bits per heavy atom. The van der Waals surface area contributed by atoms with Crippen LogP contribution in [0.3, 0.4) is 0 Å². The van der Waals surface area contributed by atoms with E-state index in [1.54, 1.807) is 36.4 Å². The number of hydrogen-bond acceptors (Lipinski definition) is 2. The van der Waals surface area contributed by atoms with Gasteiger partial charge in [0, 0.05) is 0 Å². The molecule has 0 saturated carbocycles. The Labute approximate surface area is 147 Å². The van der Waals surface area contributed by atoms with Crippen LogP contribution in [0.25, 0.3) is 6.08 Å². The van der Waals surface area contributed by atoms with E-state index in [4.69, 9.17) is 0 Å². The van der Waals surface area contributed by atoms with Crippen molar-refractivity contribution < 1.29 is 12.8 Å². The summed E-state index contributed by atoms with van der Waals surface area (Å²) >= 11 is 0. The molecule has 3 aromatic rings. The van der Waals surface area contributed by atoms with E-state index in [0.717, 1.165) is 11.6 Å². The number of benzene rings is 3. The Hall–Kier alpha value is -2.72. The molecule has 1 atom stereocenters. The van der Waals surface area contributed by atoms with Crippen LogP contribution in [-0.4, -0.2) is 8.42 Å². The summed E-state index contributed by atoms with van der Waals surface area (Å²) in [7, 11) is -3.77. The molecule has 0 amide bonds.